The third kappa shape index (κ3) is 3.53. The Morgan fingerprint density at radius 3 is 2.36 bits per heavy atom. The highest BCUT2D eigenvalue weighted by Crippen LogP contribution is 2.21. The van der Waals surface area contributed by atoms with Crippen molar-refractivity contribution in [2.24, 2.45) is 7.05 Å². The van der Waals surface area contributed by atoms with Crippen molar-refractivity contribution in [1.29, 1.82) is 0 Å². The van der Waals surface area contributed by atoms with Gasteiger partial charge in [-0.15, -0.1) is 10.2 Å². The largest absolute Gasteiger partial charge is 0.319 e. The Hall–Kier alpha value is -1.73. The lowest BCUT2D eigenvalue weighted by Gasteiger charge is -2.14. The molecule has 0 aliphatic rings. The Kier molecular flexibility index (Phi) is 4.97. The molecule has 7 heteroatoms. The maximum atomic E-state index is 12.4. The predicted octanol–water partition coefficient (Wildman–Crippen LogP) is 2.37. The van der Waals surface area contributed by atoms with Crippen LogP contribution in [0.1, 0.15) is 50.5 Å². The second kappa shape index (κ2) is 6.58. The standard InChI is InChI=1S/C15H22N4O2S/c1-5-11(2)13-6-8-14(9-7-13)22(20,21)18-12(3)15-17-16-10-19(15)4/h6-12,18H,5H2,1-4H3/t11-,12-/m0/s1. The molecule has 0 saturated carbocycles. The lowest BCUT2D eigenvalue weighted by molar-refractivity contribution is 0.553. The van der Waals surface area contributed by atoms with E-state index in [2.05, 4.69) is 28.8 Å². The second-order valence-corrected chi connectivity index (χ2v) is 7.24. The summed E-state index contributed by atoms with van der Waals surface area (Å²) in [5.41, 5.74) is 1.14. The Labute approximate surface area is 131 Å². The smallest absolute Gasteiger partial charge is 0.241 e. The second-order valence-electron chi connectivity index (χ2n) is 5.52. The molecule has 2 rings (SSSR count). The molecule has 0 unspecified atom stereocenters. The first kappa shape index (κ1) is 16.6. The Morgan fingerprint density at radius 1 is 1.23 bits per heavy atom. The summed E-state index contributed by atoms with van der Waals surface area (Å²) >= 11 is 0. The first-order valence-corrected chi connectivity index (χ1v) is 8.79. The molecule has 0 amide bonds. The molecule has 0 aliphatic carbocycles. The fourth-order valence-electron chi connectivity index (χ4n) is 2.25. The van der Waals surface area contributed by atoms with Crippen LogP contribution >= 0.6 is 0 Å². The number of nitrogens with one attached hydrogen (secondary N) is 1. The lowest BCUT2D eigenvalue weighted by atomic mass is 9.99. The van der Waals surface area contributed by atoms with Crippen LogP contribution in [0.5, 0.6) is 0 Å². The van der Waals surface area contributed by atoms with E-state index < -0.39 is 16.1 Å². The fourth-order valence-corrected chi connectivity index (χ4v) is 3.45. The predicted molar refractivity (Wildman–Crippen MR) is 84.9 cm³/mol. The van der Waals surface area contributed by atoms with E-state index in [-0.39, 0.29) is 4.90 Å². The number of aromatic nitrogens is 3. The summed E-state index contributed by atoms with van der Waals surface area (Å²) in [6.07, 6.45) is 2.56. The first-order valence-electron chi connectivity index (χ1n) is 7.31. The lowest BCUT2D eigenvalue weighted by Crippen LogP contribution is -2.28. The molecule has 1 N–H and O–H groups in total. The molecule has 0 spiro atoms. The summed E-state index contributed by atoms with van der Waals surface area (Å²) in [6, 6.07) is 6.58. The molecular formula is C15H22N4O2S. The minimum atomic E-state index is -3.58. The van der Waals surface area contributed by atoms with Crippen LogP contribution in [-0.4, -0.2) is 23.2 Å². The first-order chi connectivity index (χ1) is 10.3. The van der Waals surface area contributed by atoms with Gasteiger partial charge in [-0.2, -0.15) is 0 Å². The van der Waals surface area contributed by atoms with Gasteiger partial charge in [-0.05, 0) is 37.0 Å². The van der Waals surface area contributed by atoms with Gasteiger partial charge in [0.05, 0.1) is 10.9 Å². The average Bonchev–Trinajstić information content (AvgIpc) is 2.92. The topological polar surface area (TPSA) is 76.9 Å². The zero-order chi connectivity index (χ0) is 16.3. The van der Waals surface area contributed by atoms with Gasteiger partial charge in [0.1, 0.15) is 12.2 Å². The van der Waals surface area contributed by atoms with Crippen LogP contribution in [0.3, 0.4) is 0 Å². The summed E-state index contributed by atoms with van der Waals surface area (Å²) in [7, 11) is -1.80. The van der Waals surface area contributed by atoms with Crippen molar-refractivity contribution >= 4 is 10.0 Å². The van der Waals surface area contributed by atoms with Crippen LogP contribution in [-0.2, 0) is 17.1 Å². The van der Waals surface area contributed by atoms with Crippen LogP contribution in [0.25, 0.3) is 0 Å². The fraction of sp³-hybridized carbons (Fsp3) is 0.467. The van der Waals surface area contributed by atoms with Crippen molar-refractivity contribution in [1.82, 2.24) is 19.5 Å². The average molecular weight is 322 g/mol. The maximum absolute atomic E-state index is 12.4. The number of hydrogen-bond acceptors (Lipinski definition) is 4. The molecule has 1 heterocycles. The molecule has 0 aliphatic heterocycles. The van der Waals surface area contributed by atoms with Gasteiger partial charge >= 0.3 is 0 Å². The Morgan fingerprint density at radius 2 is 1.86 bits per heavy atom. The Bertz CT molecular complexity index is 722. The molecule has 22 heavy (non-hydrogen) atoms. The van der Waals surface area contributed by atoms with E-state index in [4.69, 9.17) is 0 Å². The molecule has 0 bridgehead atoms. The SMILES string of the molecule is CC[C@H](C)c1ccc(S(=O)(=O)N[C@@H](C)c2nncn2C)cc1. The van der Waals surface area contributed by atoms with Gasteiger partial charge in [-0.25, -0.2) is 13.1 Å². The van der Waals surface area contributed by atoms with Crippen molar-refractivity contribution in [3.8, 4) is 0 Å². The molecule has 6 nitrogen and oxygen atoms in total. The van der Waals surface area contributed by atoms with Gasteiger partial charge in [0, 0.05) is 7.05 Å². The molecular weight excluding hydrogens is 300 g/mol. The van der Waals surface area contributed by atoms with Crippen molar-refractivity contribution in [3.05, 3.63) is 42.0 Å². The number of hydrogen-bond donors (Lipinski definition) is 1. The van der Waals surface area contributed by atoms with E-state index in [0.29, 0.717) is 11.7 Å². The van der Waals surface area contributed by atoms with E-state index in [1.807, 2.05) is 12.1 Å². The minimum Gasteiger partial charge on any atom is -0.319 e. The van der Waals surface area contributed by atoms with Gasteiger partial charge in [0.25, 0.3) is 0 Å². The number of aryl methyl sites for hydroxylation is 1. The highest BCUT2D eigenvalue weighted by Gasteiger charge is 2.21. The van der Waals surface area contributed by atoms with Crippen molar-refractivity contribution in [3.63, 3.8) is 0 Å². The van der Waals surface area contributed by atoms with E-state index >= 15 is 0 Å². The van der Waals surface area contributed by atoms with Gasteiger partial charge < -0.3 is 4.57 Å². The van der Waals surface area contributed by atoms with Gasteiger partial charge in [0.2, 0.25) is 10.0 Å². The summed E-state index contributed by atoms with van der Waals surface area (Å²) < 4.78 is 29.2. The minimum absolute atomic E-state index is 0.258. The highest BCUT2D eigenvalue weighted by atomic mass is 32.2. The quantitative estimate of drug-likeness (QED) is 0.886. The van der Waals surface area contributed by atoms with Crippen molar-refractivity contribution < 1.29 is 8.42 Å². The van der Waals surface area contributed by atoms with Gasteiger partial charge in [-0.3, -0.25) is 0 Å². The molecule has 0 fully saturated rings. The maximum Gasteiger partial charge on any atom is 0.241 e. The normalized spacial score (nSPS) is 14.7. The summed E-state index contributed by atoms with van der Waals surface area (Å²) in [6.45, 7) is 5.98. The van der Waals surface area contributed by atoms with Crippen LogP contribution in [0.4, 0.5) is 0 Å². The van der Waals surface area contributed by atoms with E-state index in [9.17, 15) is 8.42 Å². The zero-order valence-corrected chi connectivity index (χ0v) is 14.1. The van der Waals surface area contributed by atoms with Crippen molar-refractivity contribution in [2.45, 2.75) is 44.0 Å². The summed E-state index contributed by atoms with van der Waals surface area (Å²) in [5, 5.41) is 7.69. The Balaban J connectivity index is 2.18. The summed E-state index contributed by atoms with van der Waals surface area (Å²) in [5.74, 6) is 0.988. The zero-order valence-electron chi connectivity index (χ0n) is 13.3. The molecule has 1 aromatic heterocycles. The van der Waals surface area contributed by atoms with Crippen LogP contribution in [0.2, 0.25) is 0 Å². The number of benzene rings is 1. The number of nitrogens with zero attached hydrogens (tertiary/aromatic N) is 3. The van der Waals surface area contributed by atoms with Gasteiger partial charge in [0.15, 0.2) is 0 Å². The van der Waals surface area contributed by atoms with Crippen molar-refractivity contribution in [2.75, 3.05) is 0 Å². The number of rotatable bonds is 6. The van der Waals surface area contributed by atoms with Gasteiger partial charge in [-0.1, -0.05) is 26.0 Å². The summed E-state index contributed by atoms with van der Waals surface area (Å²) in [4.78, 5) is 0.258. The molecule has 120 valence electrons. The number of sulfonamides is 1. The van der Waals surface area contributed by atoms with E-state index in [1.165, 1.54) is 0 Å². The third-order valence-corrected chi connectivity index (χ3v) is 5.39. The molecule has 1 aromatic carbocycles. The molecule has 2 atom stereocenters. The third-order valence-electron chi connectivity index (χ3n) is 3.84. The monoisotopic (exact) mass is 322 g/mol. The van der Waals surface area contributed by atoms with Crippen LogP contribution in [0.15, 0.2) is 35.5 Å². The molecule has 2 aromatic rings. The van der Waals surface area contributed by atoms with Crippen LogP contribution < -0.4 is 4.72 Å². The molecule has 0 radical (unpaired) electrons. The van der Waals surface area contributed by atoms with Crippen LogP contribution in [0, 0.1) is 0 Å². The van der Waals surface area contributed by atoms with E-state index in [0.717, 1.165) is 12.0 Å². The molecule has 0 saturated heterocycles. The highest BCUT2D eigenvalue weighted by molar-refractivity contribution is 7.89. The van der Waals surface area contributed by atoms with E-state index in [1.54, 1.807) is 37.0 Å².